The summed E-state index contributed by atoms with van der Waals surface area (Å²) in [5, 5.41) is 8.87. The molecule has 1 unspecified atom stereocenters. The van der Waals surface area contributed by atoms with Crippen LogP contribution in [-0.2, 0) is 14.8 Å². The Kier molecular flexibility index (Phi) is 8.98. The molecule has 0 aliphatic carbocycles. The second-order valence-electron chi connectivity index (χ2n) is 7.78. The van der Waals surface area contributed by atoms with Gasteiger partial charge in [0.05, 0.1) is 22.9 Å². The van der Waals surface area contributed by atoms with Gasteiger partial charge in [-0.05, 0) is 30.9 Å². The van der Waals surface area contributed by atoms with Crippen molar-refractivity contribution in [2.24, 2.45) is 0 Å². The molecule has 7 nitrogen and oxygen atoms in total. The fourth-order valence-electron chi connectivity index (χ4n) is 4.00. The topological polar surface area (TPSA) is 87.1 Å². The number of hydrogen-bond donors (Lipinski definition) is 1. The van der Waals surface area contributed by atoms with Gasteiger partial charge in [0, 0.05) is 30.9 Å². The van der Waals surface area contributed by atoms with Gasteiger partial charge >= 0.3 is 5.97 Å². The summed E-state index contributed by atoms with van der Waals surface area (Å²) in [5.41, 5.74) is 1.31. The second kappa shape index (κ2) is 11.7. The summed E-state index contributed by atoms with van der Waals surface area (Å²) in [6, 6.07) is 12.2. The monoisotopic (exact) mass is 508 g/mol. The first-order valence-electron chi connectivity index (χ1n) is 11.0. The first kappa shape index (κ1) is 26.1. The van der Waals surface area contributed by atoms with E-state index in [2.05, 4.69) is 0 Å². The fraction of sp³-hybridized carbons (Fsp3) is 0.375. The van der Waals surface area contributed by atoms with Gasteiger partial charge in [0.15, 0.2) is 0 Å². The van der Waals surface area contributed by atoms with Gasteiger partial charge in [-0.3, -0.25) is 0 Å². The van der Waals surface area contributed by atoms with Crippen LogP contribution in [0.4, 0.5) is 15.8 Å². The van der Waals surface area contributed by atoms with Gasteiger partial charge in [0.2, 0.25) is 10.0 Å². The van der Waals surface area contributed by atoms with Crippen LogP contribution in [0, 0.1) is 0 Å². The van der Waals surface area contributed by atoms with Crippen LogP contribution in [0.1, 0.15) is 26.2 Å². The highest BCUT2D eigenvalue weighted by atomic mass is 32.2. The Labute approximate surface area is 204 Å². The van der Waals surface area contributed by atoms with E-state index in [0.29, 0.717) is 23.5 Å². The Hall–Kier alpha value is -2.56. The number of halogens is 1. The summed E-state index contributed by atoms with van der Waals surface area (Å²) >= 11 is 1.36. The van der Waals surface area contributed by atoms with Crippen LogP contribution in [0.5, 0.6) is 5.75 Å². The number of fused-ring (bicyclic) bond motifs is 1. The zero-order chi connectivity index (χ0) is 24.7. The van der Waals surface area contributed by atoms with Crippen molar-refractivity contribution < 1.29 is 27.4 Å². The van der Waals surface area contributed by atoms with E-state index in [1.165, 1.54) is 22.1 Å². The zero-order valence-corrected chi connectivity index (χ0v) is 20.8. The second-order valence-corrected chi connectivity index (χ2v) is 10.5. The molecule has 184 valence electrons. The molecule has 2 aromatic carbocycles. The minimum absolute atomic E-state index is 0.000302. The summed E-state index contributed by atoms with van der Waals surface area (Å²) in [7, 11) is -4.07. The first-order chi connectivity index (χ1) is 16.3. The Morgan fingerprint density at radius 3 is 2.65 bits per heavy atom. The van der Waals surface area contributed by atoms with Gasteiger partial charge in [-0.25, -0.2) is 17.6 Å². The standard InChI is InChI=1S/C24H29FN2O5S2/c1-3-4-8-19-17-26(18-9-6-5-7-10-18)20-15-22(33-2)21(32-14-11-24(28)29)16-23(20)34(30,31)27(19)13-12-25/h5-7,9-11,14-16,19H,3-4,8,12-13,17H2,1-2H3,(H,28,29)/b14-11+. The van der Waals surface area contributed by atoms with Gasteiger partial charge in [-0.15, -0.1) is 11.8 Å². The molecule has 0 saturated heterocycles. The molecule has 0 radical (unpaired) electrons. The van der Waals surface area contributed by atoms with Gasteiger partial charge in [0.25, 0.3) is 0 Å². The van der Waals surface area contributed by atoms with E-state index in [1.807, 2.05) is 48.4 Å². The number of unbranched alkanes of at least 4 members (excludes halogenated alkanes) is 1. The summed E-state index contributed by atoms with van der Waals surface area (Å²) in [6.45, 7) is 1.38. The Balaban J connectivity index is 2.24. The van der Waals surface area contributed by atoms with E-state index in [0.717, 1.165) is 30.9 Å². The highest BCUT2D eigenvalue weighted by molar-refractivity contribution is 7.98. The van der Waals surface area contributed by atoms with Gasteiger partial charge in [-0.2, -0.15) is 4.31 Å². The molecule has 1 heterocycles. The molecule has 34 heavy (non-hydrogen) atoms. The number of carboxylic acid groups (broad SMARTS) is 1. The minimum atomic E-state index is -4.07. The van der Waals surface area contributed by atoms with Gasteiger partial charge in [0.1, 0.15) is 17.3 Å². The molecule has 0 spiro atoms. The Bertz CT molecular complexity index is 1130. The number of alkyl halides is 1. The maximum atomic E-state index is 13.9. The smallest absolute Gasteiger partial charge is 0.331 e. The van der Waals surface area contributed by atoms with Crippen molar-refractivity contribution in [2.75, 3.05) is 30.9 Å². The number of carboxylic acids is 1. The molecule has 10 heteroatoms. The highest BCUT2D eigenvalue weighted by Gasteiger charge is 2.39. The first-order valence-corrected chi connectivity index (χ1v) is 13.7. The number of sulfonamides is 1. The van der Waals surface area contributed by atoms with E-state index >= 15 is 0 Å². The van der Waals surface area contributed by atoms with Crippen molar-refractivity contribution in [1.82, 2.24) is 4.31 Å². The zero-order valence-electron chi connectivity index (χ0n) is 19.2. The van der Waals surface area contributed by atoms with Crippen LogP contribution < -0.4 is 9.64 Å². The van der Waals surface area contributed by atoms with E-state index in [1.54, 1.807) is 6.07 Å². The normalized spacial score (nSPS) is 18.0. The molecule has 0 saturated carbocycles. The molecule has 2 aromatic rings. The molecule has 1 N–H and O–H groups in total. The van der Waals surface area contributed by atoms with Crippen LogP contribution in [0.15, 0.2) is 64.6 Å². The largest absolute Gasteiger partial charge is 0.478 e. The third kappa shape index (κ3) is 5.73. The Morgan fingerprint density at radius 1 is 1.29 bits per heavy atom. The van der Waals surface area contributed by atoms with Gasteiger partial charge in [-0.1, -0.05) is 38.0 Å². The molecule has 1 aliphatic heterocycles. The van der Waals surface area contributed by atoms with E-state index in [9.17, 15) is 17.6 Å². The van der Waals surface area contributed by atoms with E-state index < -0.39 is 28.7 Å². The van der Waals surface area contributed by atoms with Crippen molar-refractivity contribution in [2.45, 2.75) is 42.0 Å². The maximum Gasteiger partial charge on any atom is 0.331 e. The summed E-state index contributed by atoms with van der Waals surface area (Å²) in [6.07, 6.45) is 5.97. The van der Waals surface area contributed by atoms with Crippen molar-refractivity contribution in [3.05, 3.63) is 54.8 Å². The number of aliphatic carboxylic acids is 1. The molecular formula is C24H29FN2O5S2. The molecule has 3 rings (SSSR count). The summed E-state index contributed by atoms with van der Waals surface area (Å²) in [4.78, 5) is 13.5. The number of nitrogens with zero attached hydrogens (tertiary/aromatic N) is 2. The average molecular weight is 509 g/mol. The SMILES string of the molecule is CCCCC1CN(c2ccccc2)c2cc(SC)c(O/C=C/C(=O)O)cc2S(=O)(=O)N1CCF. The van der Waals surface area contributed by atoms with Crippen molar-refractivity contribution in [1.29, 1.82) is 0 Å². The van der Waals surface area contributed by atoms with Crippen molar-refractivity contribution >= 4 is 39.1 Å². The predicted molar refractivity (Wildman–Crippen MR) is 132 cm³/mol. The lowest BCUT2D eigenvalue weighted by Crippen LogP contribution is -2.44. The molecule has 0 fully saturated rings. The van der Waals surface area contributed by atoms with Gasteiger partial charge < -0.3 is 14.7 Å². The number of thioether (sulfide) groups is 1. The number of rotatable bonds is 10. The van der Waals surface area contributed by atoms with E-state index in [4.69, 9.17) is 9.84 Å². The number of para-hydroxylation sites is 1. The lowest BCUT2D eigenvalue weighted by atomic mass is 10.1. The van der Waals surface area contributed by atoms with Crippen LogP contribution in [0.25, 0.3) is 0 Å². The third-order valence-corrected chi connectivity index (χ3v) is 8.33. The van der Waals surface area contributed by atoms with Crippen LogP contribution in [0.3, 0.4) is 0 Å². The van der Waals surface area contributed by atoms with Crippen molar-refractivity contribution in [3.63, 3.8) is 0 Å². The minimum Gasteiger partial charge on any atom is -0.478 e. The molecule has 0 bridgehead atoms. The highest BCUT2D eigenvalue weighted by Crippen LogP contribution is 2.43. The lowest BCUT2D eigenvalue weighted by Gasteiger charge is -2.31. The van der Waals surface area contributed by atoms with Crippen LogP contribution >= 0.6 is 11.8 Å². The third-order valence-electron chi connectivity index (χ3n) is 5.59. The van der Waals surface area contributed by atoms with Crippen LogP contribution in [0.2, 0.25) is 0 Å². The number of carbonyl (C=O) groups is 1. The molecular weight excluding hydrogens is 479 g/mol. The molecule has 0 aromatic heterocycles. The lowest BCUT2D eigenvalue weighted by molar-refractivity contribution is -0.131. The molecule has 0 amide bonds. The Morgan fingerprint density at radius 2 is 2.03 bits per heavy atom. The maximum absolute atomic E-state index is 13.9. The fourth-order valence-corrected chi connectivity index (χ4v) is 6.36. The summed E-state index contributed by atoms with van der Waals surface area (Å²) in [5.74, 6) is -0.969. The van der Waals surface area contributed by atoms with Crippen molar-refractivity contribution in [3.8, 4) is 5.75 Å². The predicted octanol–water partition coefficient (Wildman–Crippen LogP) is 5.06. The molecule has 1 atom stereocenters. The average Bonchev–Trinajstić information content (AvgIpc) is 2.91. The molecule has 1 aliphatic rings. The van der Waals surface area contributed by atoms with E-state index in [-0.39, 0.29) is 17.2 Å². The summed E-state index contributed by atoms with van der Waals surface area (Å²) < 4.78 is 48.1. The quantitative estimate of drug-likeness (QED) is 0.273. The van der Waals surface area contributed by atoms with Crippen LogP contribution in [-0.4, -0.2) is 55.9 Å². The number of benzene rings is 2. The number of anilines is 2. The number of ether oxygens (including phenoxy) is 1. The number of hydrogen-bond acceptors (Lipinski definition) is 6.